The van der Waals surface area contributed by atoms with E-state index in [2.05, 4.69) is 17.1 Å². The van der Waals surface area contributed by atoms with E-state index in [0.29, 0.717) is 11.7 Å². The highest BCUT2D eigenvalue weighted by atomic mass is 32.2. The predicted molar refractivity (Wildman–Crippen MR) is 54.7 cm³/mol. The van der Waals surface area contributed by atoms with Crippen molar-refractivity contribution in [3.05, 3.63) is 0 Å². The lowest BCUT2D eigenvalue weighted by Gasteiger charge is -2.40. The van der Waals surface area contributed by atoms with Crippen molar-refractivity contribution in [2.75, 3.05) is 25.4 Å². The summed E-state index contributed by atoms with van der Waals surface area (Å²) in [6, 6.07) is 0. The monoisotopic (exact) mass is 200 g/mol. The van der Waals surface area contributed by atoms with Crippen LogP contribution in [0.4, 0.5) is 0 Å². The molecule has 1 spiro atoms. The zero-order valence-electron chi connectivity index (χ0n) is 8.01. The minimum Gasteiger partial charge on any atom is -0.327 e. The molecule has 0 aromatic heterocycles. The lowest BCUT2D eigenvalue weighted by atomic mass is 10.0. The molecule has 2 saturated heterocycles. The fourth-order valence-electron chi connectivity index (χ4n) is 2.28. The van der Waals surface area contributed by atoms with Crippen LogP contribution in [-0.4, -0.2) is 41.1 Å². The summed E-state index contributed by atoms with van der Waals surface area (Å²) in [6.45, 7) is 5.05. The summed E-state index contributed by atoms with van der Waals surface area (Å²) >= 11 is 1.84. The Morgan fingerprint density at radius 3 is 2.85 bits per heavy atom. The van der Waals surface area contributed by atoms with Gasteiger partial charge < -0.3 is 10.2 Å². The normalized spacial score (nSPS) is 27.2. The van der Waals surface area contributed by atoms with Crippen LogP contribution in [-0.2, 0) is 4.79 Å². The largest absolute Gasteiger partial charge is 0.327 e. The number of hydrogen-bond donors (Lipinski definition) is 1. The van der Waals surface area contributed by atoms with Crippen LogP contribution in [0.5, 0.6) is 0 Å². The quantitative estimate of drug-likeness (QED) is 0.675. The van der Waals surface area contributed by atoms with Gasteiger partial charge in [0.1, 0.15) is 0 Å². The molecule has 0 bridgehead atoms. The summed E-state index contributed by atoms with van der Waals surface area (Å²) in [4.78, 5) is 13.8. The number of amides is 1. The maximum atomic E-state index is 11.6. The van der Waals surface area contributed by atoms with Gasteiger partial charge >= 0.3 is 0 Å². The fraction of sp³-hybridized carbons (Fsp3) is 0.889. The summed E-state index contributed by atoms with van der Waals surface area (Å²) in [5.41, 5.74) is 0. The molecule has 0 aromatic carbocycles. The number of piperidine rings is 1. The van der Waals surface area contributed by atoms with Crippen molar-refractivity contribution in [2.24, 2.45) is 0 Å². The first-order valence-electron chi connectivity index (χ1n) is 4.94. The van der Waals surface area contributed by atoms with Crippen molar-refractivity contribution < 1.29 is 4.79 Å². The third-order valence-corrected chi connectivity index (χ3v) is 4.52. The predicted octanol–water partition coefficient (Wildman–Crippen LogP) is 0.661. The van der Waals surface area contributed by atoms with Gasteiger partial charge in [-0.3, -0.25) is 4.79 Å². The Bertz CT molecular complexity index is 214. The van der Waals surface area contributed by atoms with E-state index < -0.39 is 0 Å². The van der Waals surface area contributed by atoms with E-state index >= 15 is 0 Å². The maximum Gasteiger partial charge on any atom is 0.233 e. The highest BCUT2D eigenvalue weighted by molar-refractivity contribution is 8.01. The molecule has 0 atom stereocenters. The lowest BCUT2D eigenvalue weighted by Crippen LogP contribution is -2.50. The second-order valence-corrected chi connectivity index (χ2v) is 4.96. The molecule has 2 aliphatic rings. The molecule has 74 valence electrons. The first-order chi connectivity index (χ1) is 6.28. The number of rotatable bonds is 1. The first kappa shape index (κ1) is 9.34. The topological polar surface area (TPSA) is 32.3 Å². The summed E-state index contributed by atoms with van der Waals surface area (Å²) in [5.74, 6) is 1.02. The molecular formula is C9H16N2OS. The van der Waals surface area contributed by atoms with Gasteiger partial charge in [-0.1, -0.05) is 0 Å². The zero-order chi connectivity index (χ0) is 9.31. The van der Waals surface area contributed by atoms with Crippen molar-refractivity contribution in [3.8, 4) is 0 Å². The molecular weight excluding hydrogens is 184 g/mol. The molecule has 13 heavy (non-hydrogen) atoms. The van der Waals surface area contributed by atoms with Crippen molar-refractivity contribution in [1.82, 2.24) is 10.2 Å². The minimum atomic E-state index is 0.150. The summed E-state index contributed by atoms with van der Waals surface area (Å²) in [7, 11) is 0. The minimum absolute atomic E-state index is 0.150. The van der Waals surface area contributed by atoms with E-state index in [4.69, 9.17) is 0 Å². The number of carbonyl (C=O) groups is 1. The molecule has 2 fully saturated rings. The van der Waals surface area contributed by atoms with Crippen molar-refractivity contribution in [3.63, 3.8) is 0 Å². The first-order valence-corrected chi connectivity index (χ1v) is 5.92. The Hall–Kier alpha value is -0.220. The van der Waals surface area contributed by atoms with Crippen LogP contribution in [0.2, 0.25) is 0 Å². The molecule has 2 heterocycles. The summed E-state index contributed by atoms with van der Waals surface area (Å²) in [6.07, 6.45) is 2.22. The number of thioether (sulfide) groups is 1. The second kappa shape index (κ2) is 3.50. The molecule has 3 nitrogen and oxygen atoms in total. The molecule has 0 aliphatic carbocycles. The van der Waals surface area contributed by atoms with Crippen LogP contribution in [0.1, 0.15) is 19.8 Å². The Labute approximate surface area is 83.2 Å². The molecule has 1 N–H and O–H groups in total. The van der Waals surface area contributed by atoms with Crippen molar-refractivity contribution in [1.29, 1.82) is 0 Å². The van der Waals surface area contributed by atoms with E-state index in [-0.39, 0.29) is 4.87 Å². The molecule has 0 unspecified atom stereocenters. The van der Waals surface area contributed by atoms with Crippen LogP contribution < -0.4 is 5.32 Å². The smallest absolute Gasteiger partial charge is 0.233 e. The van der Waals surface area contributed by atoms with Gasteiger partial charge in [-0.05, 0) is 32.9 Å². The Balaban J connectivity index is 2.15. The van der Waals surface area contributed by atoms with Crippen molar-refractivity contribution >= 4 is 17.7 Å². The number of hydrogen-bond acceptors (Lipinski definition) is 3. The lowest BCUT2D eigenvalue weighted by molar-refractivity contribution is -0.130. The molecule has 2 rings (SSSR count). The van der Waals surface area contributed by atoms with Gasteiger partial charge in [-0.25, -0.2) is 0 Å². The zero-order valence-corrected chi connectivity index (χ0v) is 8.82. The number of nitrogens with one attached hydrogen (secondary N) is 1. The van der Waals surface area contributed by atoms with Crippen LogP contribution in [0, 0.1) is 0 Å². The van der Waals surface area contributed by atoms with Gasteiger partial charge in [0, 0.05) is 6.54 Å². The highest BCUT2D eigenvalue weighted by Gasteiger charge is 2.45. The van der Waals surface area contributed by atoms with Crippen LogP contribution in [0.25, 0.3) is 0 Å². The standard InChI is InChI=1S/C9H16N2OS/c1-2-11-8(12)7-13-9(11)3-5-10-6-4-9/h10H,2-7H2,1H3. The molecule has 0 aromatic rings. The van der Waals surface area contributed by atoms with E-state index in [1.165, 1.54) is 0 Å². The Morgan fingerprint density at radius 2 is 2.23 bits per heavy atom. The second-order valence-electron chi connectivity index (χ2n) is 3.62. The van der Waals surface area contributed by atoms with Crippen LogP contribution in [0.3, 0.4) is 0 Å². The third kappa shape index (κ3) is 1.46. The van der Waals surface area contributed by atoms with Crippen LogP contribution in [0.15, 0.2) is 0 Å². The molecule has 1 amide bonds. The number of nitrogens with zero attached hydrogens (tertiary/aromatic N) is 1. The number of carbonyl (C=O) groups excluding carboxylic acids is 1. The average Bonchev–Trinajstić information content (AvgIpc) is 2.45. The van der Waals surface area contributed by atoms with E-state index in [9.17, 15) is 4.79 Å². The fourth-order valence-corrected chi connectivity index (χ4v) is 3.70. The van der Waals surface area contributed by atoms with E-state index in [1.807, 2.05) is 11.8 Å². The van der Waals surface area contributed by atoms with Gasteiger partial charge in [-0.2, -0.15) is 0 Å². The Kier molecular flexibility index (Phi) is 2.51. The highest BCUT2D eigenvalue weighted by Crippen LogP contribution is 2.42. The molecule has 4 heteroatoms. The SMILES string of the molecule is CCN1C(=O)CSC12CCNCC2. The molecule has 0 saturated carbocycles. The van der Waals surface area contributed by atoms with Gasteiger partial charge in [0.25, 0.3) is 0 Å². The summed E-state index contributed by atoms with van der Waals surface area (Å²) < 4.78 is 0. The molecule has 0 radical (unpaired) electrons. The van der Waals surface area contributed by atoms with Gasteiger partial charge in [0.05, 0.1) is 10.6 Å². The van der Waals surface area contributed by atoms with Gasteiger partial charge in [-0.15, -0.1) is 11.8 Å². The Morgan fingerprint density at radius 1 is 1.54 bits per heavy atom. The van der Waals surface area contributed by atoms with Gasteiger partial charge in [0.2, 0.25) is 5.91 Å². The van der Waals surface area contributed by atoms with Gasteiger partial charge in [0.15, 0.2) is 0 Å². The third-order valence-electron chi connectivity index (χ3n) is 2.96. The van der Waals surface area contributed by atoms with E-state index in [0.717, 1.165) is 32.5 Å². The van der Waals surface area contributed by atoms with Crippen LogP contribution >= 0.6 is 11.8 Å². The summed E-state index contributed by atoms with van der Waals surface area (Å²) in [5, 5.41) is 3.34. The van der Waals surface area contributed by atoms with Crippen molar-refractivity contribution in [2.45, 2.75) is 24.6 Å². The maximum absolute atomic E-state index is 11.6. The average molecular weight is 200 g/mol. The molecule has 2 aliphatic heterocycles. The van der Waals surface area contributed by atoms with E-state index in [1.54, 1.807) is 0 Å².